The van der Waals surface area contributed by atoms with Gasteiger partial charge in [0.2, 0.25) is 5.95 Å². The summed E-state index contributed by atoms with van der Waals surface area (Å²) >= 11 is 0. The number of nitrogens with one attached hydrogen (secondary N) is 2. The number of carbonyl (C=O) groups is 2. The van der Waals surface area contributed by atoms with Gasteiger partial charge in [0.25, 0.3) is 0 Å². The van der Waals surface area contributed by atoms with Crippen LogP contribution in [-0.4, -0.2) is 33.1 Å². The zero-order valence-electron chi connectivity index (χ0n) is 10.4. The third kappa shape index (κ3) is 3.90. The molecule has 2 rings (SSSR count). The highest BCUT2D eigenvalue weighted by Crippen LogP contribution is 2.24. The third-order valence-corrected chi connectivity index (χ3v) is 3.20. The minimum atomic E-state index is -0.749. The number of aliphatic carboxylic acids is 1. The van der Waals surface area contributed by atoms with E-state index in [2.05, 4.69) is 20.6 Å². The highest BCUT2D eigenvalue weighted by atomic mass is 16.4. The van der Waals surface area contributed by atoms with Crippen LogP contribution < -0.4 is 10.6 Å². The average Bonchev–Trinajstić information content (AvgIpc) is 2.40. The number of carbonyl (C=O) groups excluding carboxylic acids is 1. The van der Waals surface area contributed by atoms with Gasteiger partial charge in [-0.05, 0) is 31.7 Å². The van der Waals surface area contributed by atoms with Crippen molar-refractivity contribution in [3.05, 3.63) is 18.5 Å². The number of carboxylic acid groups (broad SMARTS) is 1. The van der Waals surface area contributed by atoms with Gasteiger partial charge in [-0.25, -0.2) is 14.8 Å². The zero-order valence-corrected chi connectivity index (χ0v) is 10.4. The van der Waals surface area contributed by atoms with Crippen molar-refractivity contribution in [2.45, 2.75) is 31.7 Å². The fourth-order valence-corrected chi connectivity index (χ4v) is 2.17. The van der Waals surface area contributed by atoms with Crippen LogP contribution in [0.3, 0.4) is 0 Å². The van der Waals surface area contributed by atoms with Crippen molar-refractivity contribution in [1.82, 2.24) is 15.3 Å². The van der Waals surface area contributed by atoms with E-state index in [1.807, 2.05) is 0 Å². The number of rotatable bonds is 3. The Balaban J connectivity index is 1.76. The van der Waals surface area contributed by atoms with E-state index in [1.54, 1.807) is 18.5 Å². The molecular formula is C12H16N4O3. The highest BCUT2D eigenvalue weighted by Gasteiger charge is 2.26. The minimum Gasteiger partial charge on any atom is -0.481 e. The Hall–Kier alpha value is -2.18. The van der Waals surface area contributed by atoms with Crippen molar-refractivity contribution >= 4 is 17.9 Å². The molecule has 0 radical (unpaired) electrons. The van der Waals surface area contributed by atoms with Crippen LogP contribution in [0.4, 0.5) is 10.7 Å². The predicted octanol–water partition coefficient (Wildman–Crippen LogP) is 1.24. The summed E-state index contributed by atoms with van der Waals surface area (Å²) in [6.07, 6.45) is 5.64. The van der Waals surface area contributed by atoms with Gasteiger partial charge >= 0.3 is 12.0 Å². The number of hydrogen-bond acceptors (Lipinski definition) is 4. The molecule has 0 unspecified atom stereocenters. The second-order valence-corrected chi connectivity index (χ2v) is 4.56. The lowest BCUT2D eigenvalue weighted by Gasteiger charge is -2.26. The average molecular weight is 264 g/mol. The van der Waals surface area contributed by atoms with Crippen LogP contribution in [0.15, 0.2) is 18.5 Å². The lowest BCUT2D eigenvalue weighted by Crippen LogP contribution is -2.41. The first-order valence-corrected chi connectivity index (χ1v) is 6.22. The summed E-state index contributed by atoms with van der Waals surface area (Å²) in [4.78, 5) is 30.3. The lowest BCUT2D eigenvalue weighted by molar-refractivity contribution is -0.142. The molecule has 7 heteroatoms. The molecular weight excluding hydrogens is 248 g/mol. The number of nitrogens with zero attached hydrogens (tertiary/aromatic N) is 2. The standard InChI is InChI=1S/C12H16N4O3/c17-10(18)8-2-4-9(5-3-8)15-12(19)16-11-13-6-1-7-14-11/h1,6-9H,2-5H2,(H,17,18)(H2,13,14,15,16,19). The van der Waals surface area contributed by atoms with Crippen molar-refractivity contribution < 1.29 is 14.7 Å². The van der Waals surface area contributed by atoms with Gasteiger partial charge in [-0.2, -0.15) is 0 Å². The maximum absolute atomic E-state index is 11.7. The monoisotopic (exact) mass is 264 g/mol. The summed E-state index contributed by atoms with van der Waals surface area (Å²) in [7, 11) is 0. The van der Waals surface area contributed by atoms with Gasteiger partial charge < -0.3 is 10.4 Å². The first kappa shape index (κ1) is 13.3. The summed E-state index contributed by atoms with van der Waals surface area (Å²) < 4.78 is 0. The molecule has 1 aromatic rings. The molecule has 0 saturated heterocycles. The quantitative estimate of drug-likeness (QED) is 0.762. The summed E-state index contributed by atoms with van der Waals surface area (Å²) in [6, 6.07) is 1.32. The van der Waals surface area contributed by atoms with Crippen LogP contribution in [-0.2, 0) is 4.79 Å². The highest BCUT2D eigenvalue weighted by molar-refractivity contribution is 5.87. The number of aromatic nitrogens is 2. The van der Waals surface area contributed by atoms with Crippen LogP contribution in [0.1, 0.15) is 25.7 Å². The number of hydrogen-bond donors (Lipinski definition) is 3. The molecule has 19 heavy (non-hydrogen) atoms. The van der Waals surface area contributed by atoms with Gasteiger partial charge in [0.1, 0.15) is 0 Å². The first-order chi connectivity index (χ1) is 9.15. The third-order valence-electron chi connectivity index (χ3n) is 3.20. The molecule has 1 aliphatic rings. The van der Waals surface area contributed by atoms with E-state index in [9.17, 15) is 9.59 Å². The molecule has 1 saturated carbocycles. The van der Waals surface area contributed by atoms with Crippen LogP contribution >= 0.6 is 0 Å². The van der Waals surface area contributed by atoms with Crippen molar-refractivity contribution in [3.8, 4) is 0 Å². The largest absolute Gasteiger partial charge is 0.481 e. The van der Waals surface area contributed by atoms with E-state index in [1.165, 1.54) is 0 Å². The summed E-state index contributed by atoms with van der Waals surface area (Å²) in [5, 5.41) is 14.2. The van der Waals surface area contributed by atoms with Gasteiger partial charge in [0.05, 0.1) is 5.92 Å². The molecule has 2 amide bonds. The van der Waals surface area contributed by atoms with Crippen LogP contribution in [0.5, 0.6) is 0 Å². The molecule has 1 heterocycles. The first-order valence-electron chi connectivity index (χ1n) is 6.22. The van der Waals surface area contributed by atoms with E-state index < -0.39 is 5.97 Å². The summed E-state index contributed by atoms with van der Waals surface area (Å²) in [5.41, 5.74) is 0. The lowest BCUT2D eigenvalue weighted by atomic mass is 9.86. The van der Waals surface area contributed by atoms with Crippen molar-refractivity contribution in [2.24, 2.45) is 5.92 Å². The topological polar surface area (TPSA) is 104 Å². The van der Waals surface area contributed by atoms with Crippen molar-refractivity contribution in [3.63, 3.8) is 0 Å². The van der Waals surface area contributed by atoms with Crippen molar-refractivity contribution in [1.29, 1.82) is 0 Å². The van der Waals surface area contributed by atoms with Crippen molar-refractivity contribution in [2.75, 3.05) is 5.32 Å². The van der Waals surface area contributed by atoms with Gasteiger partial charge in [0, 0.05) is 18.4 Å². The van der Waals surface area contributed by atoms with Gasteiger partial charge in [0.15, 0.2) is 0 Å². The number of carboxylic acids is 1. The van der Waals surface area contributed by atoms with Gasteiger partial charge in [-0.3, -0.25) is 10.1 Å². The molecule has 0 spiro atoms. The van der Waals surface area contributed by atoms with Crippen LogP contribution in [0.25, 0.3) is 0 Å². The number of urea groups is 1. The molecule has 1 aromatic heterocycles. The molecule has 0 aromatic carbocycles. The Morgan fingerprint density at radius 3 is 2.37 bits per heavy atom. The maximum atomic E-state index is 11.7. The molecule has 1 aliphatic carbocycles. The minimum absolute atomic E-state index is 0.0133. The zero-order chi connectivity index (χ0) is 13.7. The second-order valence-electron chi connectivity index (χ2n) is 4.56. The van der Waals surface area contributed by atoms with E-state index in [0.29, 0.717) is 25.7 Å². The maximum Gasteiger partial charge on any atom is 0.321 e. The fourth-order valence-electron chi connectivity index (χ4n) is 2.17. The Morgan fingerprint density at radius 1 is 1.16 bits per heavy atom. The van der Waals surface area contributed by atoms with Crippen LogP contribution in [0.2, 0.25) is 0 Å². The molecule has 3 N–H and O–H groups in total. The molecule has 1 fully saturated rings. The molecule has 0 atom stereocenters. The normalized spacial score (nSPS) is 22.5. The smallest absolute Gasteiger partial charge is 0.321 e. The molecule has 0 bridgehead atoms. The van der Waals surface area contributed by atoms with E-state index in [0.717, 1.165) is 0 Å². The Morgan fingerprint density at radius 2 is 1.79 bits per heavy atom. The Labute approximate surface area is 110 Å². The summed E-state index contributed by atoms with van der Waals surface area (Å²) in [5.74, 6) is -0.779. The number of amides is 2. The molecule has 7 nitrogen and oxygen atoms in total. The molecule has 102 valence electrons. The van der Waals surface area contributed by atoms with Gasteiger partial charge in [-0.15, -0.1) is 0 Å². The molecule has 0 aliphatic heterocycles. The van der Waals surface area contributed by atoms with Gasteiger partial charge in [-0.1, -0.05) is 0 Å². The van der Waals surface area contributed by atoms with Crippen LogP contribution in [0, 0.1) is 5.92 Å². The second kappa shape index (κ2) is 6.12. The fraction of sp³-hybridized carbons (Fsp3) is 0.500. The Bertz CT molecular complexity index is 444. The number of anilines is 1. The Kier molecular flexibility index (Phi) is 4.27. The predicted molar refractivity (Wildman–Crippen MR) is 67.6 cm³/mol. The van der Waals surface area contributed by atoms with E-state index in [4.69, 9.17) is 5.11 Å². The SMILES string of the molecule is O=C(Nc1ncccn1)NC1CCC(C(=O)O)CC1. The van der Waals surface area contributed by atoms with E-state index >= 15 is 0 Å². The van der Waals surface area contributed by atoms with E-state index in [-0.39, 0.29) is 23.9 Å². The summed E-state index contributed by atoms with van der Waals surface area (Å²) in [6.45, 7) is 0.